The summed E-state index contributed by atoms with van der Waals surface area (Å²) in [5.74, 6) is 0.496. The molecular weight excluding hydrogens is 344 g/mol. The van der Waals surface area contributed by atoms with Gasteiger partial charge < -0.3 is 21.7 Å². The number of pyridine rings is 1. The normalized spacial score (nSPS) is 9.55. The smallest absolute Gasteiger partial charge is 0.419 e. The van der Waals surface area contributed by atoms with E-state index in [0.717, 1.165) is 5.69 Å². The molecule has 0 saturated carbocycles. The molecule has 0 saturated heterocycles. The van der Waals surface area contributed by atoms with Gasteiger partial charge in [0.2, 0.25) is 6.20 Å². The SMILES string of the molecule is CN(C(=O)Oc1ccc[n+](C)c1)c1ccc(Cl)cc1.[Br-]. The Morgan fingerprint density at radius 3 is 2.50 bits per heavy atom. The average Bonchev–Trinajstić information content (AvgIpc) is 2.39. The lowest BCUT2D eigenvalue weighted by molar-refractivity contribution is -0.671. The number of carbonyl (C=O) groups excluding carboxylic acids is 1. The van der Waals surface area contributed by atoms with Crippen LogP contribution in [0.5, 0.6) is 5.75 Å². The van der Waals surface area contributed by atoms with E-state index in [4.69, 9.17) is 16.3 Å². The lowest BCUT2D eigenvalue weighted by atomic mass is 10.3. The van der Waals surface area contributed by atoms with Crippen LogP contribution in [0.3, 0.4) is 0 Å². The van der Waals surface area contributed by atoms with Gasteiger partial charge in [0.05, 0.1) is 0 Å². The summed E-state index contributed by atoms with van der Waals surface area (Å²) in [6.45, 7) is 0. The fraction of sp³-hybridized carbons (Fsp3) is 0.143. The van der Waals surface area contributed by atoms with Crippen molar-refractivity contribution in [1.82, 2.24) is 0 Å². The molecule has 1 aromatic heterocycles. The molecule has 106 valence electrons. The van der Waals surface area contributed by atoms with Crippen molar-refractivity contribution in [3.63, 3.8) is 0 Å². The van der Waals surface area contributed by atoms with E-state index in [-0.39, 0.29) is 17.0 Å². The van der Waals surface area contributed by atoms with Gasteiger partial charge in [-0.25, -0.2) is 9.36 Å². The minimum atomic E-state index is -0.450. The van der Waals surface area contributed by atoms with Crippen molar-refractivity contribution in [2.45, 2.75) is 0 Å². The molecule has 0 radical (unpaired) electrons. The Balaban J connectivity index is 0.00000200. The number of anilines is 1. The van der Waals surface area contributed by atoms with Crippen molar-refractivity contribution >= 4 is 23.4 Å². The zero-order chi connectivity index (χ0) is 13.8. The predicted octanol–water partition coefficient (Wildman–Crippen LogP) is -0.196. The van der Waals surface area contributed by atoms with Gasteiger partial charge in [0.15, 0.2) is 11.9 Å². The van der Waals surface area contributed by atoms with Gasteiger partial charge in [-0.05, 0) is 30.3 Å². The Bertz CT molecular complexity index is 590. The largest absolute Gasteiger partial charge is 1.00 e. The van der Waals surface area contributed by atoms with Gasteiger partial charge in [0.25, 0.3) is 0 Å². The molecule has 0 atom stereocenters. The zero-order valence-corrected chi connectivity index (χ0v) is 13.4. The van der Waals surface area contributed by atoms with Crippen LogP contribution in [0.25, 0.3) is 0 Å². The van der Waals surface area contributed by atoms with Gasteiger partial charge in [0, 0.05) is 23.8 Å². The molecule has 0 spiro atoms. The van der Waals surface area contributed by atoms with Crippen molar-refractivity contribution in [1.29, 1.82) is 0 Å². The number of rotatable bonds is 2. The molecule has 1 amide bonds. The van der Waals surface area contributed by atoms with E-state index in [9.17, 15) is 4.79 Å². The van der Waals surface area contributed by atoms with E-state index in [1.807, 2.05) is 23.9 Å². The van der Waals surface area contributed by atoms with E-state index in [1.165, 1.54) is 4.90 Å². The van der Waals surface area contributed by atoms with Gasteiger partial charge in [-0.1, -0.05) is 11.6 Å². The average molecular weight is 358 g/mol. The summed E-state index contributed by atoms with van der Waals surface area (Å²) in [5.41, 5.74) is 0.717. The van der Waals surface area contributed by atoms with Crippen LogP contribution in [0.4, 0.5) is 10.5 Å². The Labute approximate surface area is 133 Å². The molecule has 1 heterocycles. The first kappa shape index (κ1) is 16.5. The third kappa shape index (κ3) is 4.21. The molecule has 4 nitrogen and oxygen atoms in total. The lowest BCUT2D eigenvalue weighted by Gasteiger charge is -2.16. The first-order chi connectivity index (χ1) is 9.06. The van der Waals surface area contributed by atoms with Crippen LogP contribution in [0.15, 0.2) is 48.8 Å². The van der Waals surface area contributed by atoms with E-state index >= 15 is 0 Å². The van der Waals surface area contributed by atoms with Crippen molar-refractivity contribution in [2.75, 3.05) is 11.9 Å². The summed E-state index contributed by atoms with van der Waals surface area (Å²) in [4.78, 5) is 13.4. The third-order valence-corrected chi connectivity index (χ3v) is 2.86. The minimum absolute atomic E-state index is 0. The highest BCUT2D eigenvalue weighted by atomic mass is 79.9. The monoisotopic (exact) mass is 356 g/mol. The highest BCUT2D eigenvalue weighted by Gasteiger charge is 2.14. The number of carbonyl (C=O) groups is 1. The van der Waals surface area contributed by atoms with E-state index < -0.39 is 6.09 Å². The molecule has 1 aromatic carbocycles. The molecule has 0 aliphatic heterocycles. The first-order valence-corrected chi connectivity index (χ1v) is 6.10. The number of halogens is 2. The molecule has 6 heteroatoms. The van der Waals surface area contributed by atoms with Crippen LogP contribution in [-0.4, -0.2) is 13.1 Å². The van der Waals surface area contributed by atoms with Crippen molar-refractivity contribution in [2.24, 2.45) is 7.05 Å². The topological polar surface area (TPSA) is 33.4 Å². The van der Waals surface area contributed by atoms with E-state index in [2.05, 4.69) is 0 Å². The Morgan fingerprint density at radius 2 is 1.90 bits per heavy atom. The number of hydrogen-bond donors (Lipinski definition) is 0. The van der Waals surface area contributed by atoms with Crippen LogP contribution >= 0.6 is 11.6 Å². The number of benzene rings is 1. The maximum absolute atomic E-state index is 12.0. The Morgan fingerprint density at radius 1 is 1.25 bits per heavy atom. The fourth-order valence-electron chi connectivity index (χ4n) is 1.56. The van der Waals surface area contributed by atoms with Gasteiger partial charge in [0.1, 0.15) is 7.05 Å². The summed E-state index contributed by atoms with van der Waals surface area (Å²) in [5, 5.41) is 0.626. The maximum Gasteiger partial charge on any atom is 0.419 e. The second-order valence-electron chi connectivity index (χ2n) is 4.11. The Kier molecular flexibility index (Phi) is 5.98. The van der Waals surface area contributed by atoms with Crippen molar-refractivity contribution in [3.05, 3.63) is 53.8 Å². The zero-order valence-electron chi connectivity index (χ0n) is 11.1. The molecule has 2 aromatic rings. The van der Waals surface area contributed by atoms with Gasteiger partial charge in [-0.15, -0.1) is 0 Å². The molecule has 0 fully saturated rings. The van der Waals surface area contributed by atoms with Gasteiger partial charge in [-0.3, -0.25) is 4.90 Å². The molecular formula is C14H14BrClN2O2. The maximum atomic E-state index is 12.0. The highest BCUT2D eigenvalue weighted by Crippen LogP contribution is 2.18. The quantitative estimate of drug-likeness (QED) is 0.698. The second-order valence-corrected chi connectivity index (χ2v) is 4.54. The molecule has 0 aliphatic carbocycles. The number of aryl methyl sites for hydroxylation is 1. The summed E-state index contributed by atoms with van der Waals surface area (Å²) < 4.78 is 7.09. The first-order valence-electron chi connectivity index (χ1n) is 5.72. The van der Waals surface area contributed by atoms with Crippen LogP contribution in [-0.2, 0) is 7.05 Å². The summed E-state index contributed by atoms with van der Waals surface area (Å²) in [6.07, 6.45) is 3.14. The number of amides is 1. The molecule has 0 aliphatic rings. The number of ether oxygens (including phenoxy) is 1. The number of aromatic nitrogens is 1. The number of nitrogens with zero attached hydrogens (tertiary/aromatic N) is 2. The standard InChI is InChI=1S/C14H14ClN2O2.BrH/c1-16-9-3-4-13(10-16)19-14(18)17(2)12-7-5-11(15)6-8-12;/h3-10H,1-2H3;1H/q+1;/p-1. The molecule has 0 N–H and O–H groups in total. The highest BCUT2D eigenvalue weighted by molar-refractivity contribution is 6.30. The van der Waals surface area contributed by atoms with E-state index in [1.54, 1.807) is 43.6 Å². The molecule has 2 rings (SSSR count). The molecule has 0 unspecified atom stereocenters. The van der Waals surface area contributed by atoms with Crippen LogP contribution < -0.4 is 31.2 Å². The summed E-state index contributed by atoms with van der Waals surface area (Å²) in [6, 6.07) is 10.5. The van der Waals surface area contributed by atoms with Crippen LogP contribution in [0, 0.1) is 0 Å². The minimum Gasteiger partial charge on any atom is -1.00 e. The lowest BCUT2D eigenvalue weighted by Crippen LogP contribution is -3.00. The second kappa shape index (κ2) is 7.26. The van der Waals surface area contributed by atoms with E-state index in [0.29, 0.717) is 10.8 Å². The van der Waals surface area contributed by atoms with Crippen molar-refractivity contribution < 1.29 is 31.1 Å². The summed E-state index contributed by atoms with van der Waals surface area (Å²) >= 11 is 5.81. The number of hydrogen-bond acceptors (Lipinski definition) is 2. The Hall–Kier alpha value is -1.59. The van der Waals surface area contributed by atoms with Crippen LogP contribution in [0.2, 0.25) is 5.02 Å². The predicted molar refractivity (Wildman–Crippen MR) is 73.5 cm³/mol. The molecule has 20 heavy (non-hydrogen) atoms. The summed E-state index contributed by atoms with van der Waals surface area (Å²) in [7, 11) is 3.51. The fourth-order valence-corrected chi connectivity index (χ4v) is 1.69. The molecule has 0 bridgehead atoms. The van der Waals surface area contributed by atoms with Gasteiger partial charge in [-0.2, -0.15) is 0 Å². The van der Waals surface area contributed by atoms with Gasteiger partial charge >= 0.3 is 6.09 Å². The van der Waals surface area contributed by atoms with Crippen molar-refractivity contribution in [3.8, 4) is 5.75 Å². The third-order valence-electron chi connectivity index (χ3n) is 2.61. The van der Waals surface area contributed by atoms with Crippen LogP contribution in [0.1, 0.15) is 0 Å².